The minimum atomic E-state index is -3.29. The summed E-state index contributed by atoms with van der Waals surface area (Å²) in [5.41, 5.74) is 13.5. The summed E-state index contributed by atoms with van der Waals surface area (Å²) in [5.74, 6) is 8.18. The molecule has 0 radical (unpaired) electrons. The lowest BCUT2D eigenvalue weighted by atomic mass is 9.94. The van der Waals surface area contributed by atoms with Crippen LogP contribution in [0.2, 0.25) is 5.02 Å². The predicted octanol–water partition coefficient (Wildman–Crippen LogP) is 25.2. The van der Waals surface area contributed by atoms with Crippen LogP contribution in [0.15, 0.2) is 163 Å². The highest BCUT2D eigenvalue weighted by Crippen LogP contribution is 2.33. The van der Waals surface area contributed by atoms with E-state index >= 15 is 0 Å². The second kappa shape index (κ2) is 47.0. The lowest BCUT2D eigenvalue weighted by molar-refractivity contribution is -0.117. The largest absolute Gasteiger partial charge is 0.466 e. The van der Waals surface area contributed by atoms with E-state index in [1.807, 2.05) is 62.5 Å². The van der Waals surface area contributed by atoms with Crippen molar-refractivity contribution in [3.63, 3.8) is 0 Å². The van der Waals surface area contributed by atoms with E-state index < -0.39 is 10.0 Å². The van der Waals surface area contributed by atoms with E-state index in [0.29, 0.717) is 69.8 Å². The molecule has 0 aliphatic carbocycles. The maximum absolute atomic E-state index is 11.7. The zero-order chi connectivity index (χ0) is 76.8. The lowest BCUT2D eigenvalue weighted by Gasteiger charge is -2.19. The zero-order valence-corrected chi connectivity index (χ0v) is 69.3. The fourth-order valence-electron chi connectivity index (χ4n) is 9.55. The Morgan fingerprint density at radius 3 is 1.54 bits per heavy atom. The molecule has 104 heavy (non-hydrogen) atoms. The van der Waals surface area contributed by atoms with Gasteiger partial charge in [0.05, 0.1) is 52.5 Å². The van der Waals surface area contributed by atoms with Crippen molar-refractivity contribution in [3.05, 3.63) is 222 Å². The number of furan rings is 1. The molecule has 8 aromatic rings. The first kappa shape index (κ1) is 95.2. The molecule has 13 nitrogen and oxygen atoms in total. The van der Waals surface area contributed by atoms with Crippen molar-refractivity contribution in [3.8, 4) is 0 Å². The first-order valence-electron chi connectivity index (χ1n) is 36.3. The second-order valence-corrected chi connectivity index (χ2v) is 33.3. The van der Waals surface area contributed by atoms with Crippen molar-refractivity contribution in [1.29, 1.82) is 0 Å². The fraction of sp³-hybridized carbons (Fsp3) is 0.511. The van der Waals surface area contributed by atoms with Crippen molar-refractivity contribution in [2.45, 2.75) is 270 Å². The molecule has 1 atom stereocenters. The molecule has 3 aromatic heterocycles. The van der Waals surface area contributed by atoms with Crippen LogP contribution in [0.25, 0.3) is 0 Å². The molecule has 1 unspecified atom stereocenters. The molecule has 5 heterocycles. The molecule has 0 N–H and O–H groups in total. The molecule has 16 heteroatoms. The first-order valence-corrected chi connectivity index (χ1v) is 39.0. The van der Waals surface area contributed by atoms with E-state index in [1.54, 1.807) is 41.8 Å². The fourth-order valence-corrected chi connectivity index (χ4v) is 11.7. The number of benzene rings is 5. The molecule has 10 rings (SSSR count). The van der Waals surface area contributed by atoms with Gasteiger partial charge in [-0.2, -0.15) is 0 Å². The number of rotatable bonds is 17. The van der Waals surface area contributed by atoms with Gasteiger partial charge >= 0.3 is 0 Å². The van der Waals surface area contributed by atoms with Gasteiger partial charge in [0.15, 0.2) is 5.89 Å². The third kappa shape index (κ3) is 33.3. The summed E-state index contributed by atoms with van der Waals surface area (Å²) in [6.45, 7) is 53.2. The number of anilines is 1. The highest BCUT2D eigenvalue weighted by Gasteiger charge is 2.25. The highest BCUT2D eigenvalue weighted by atomic mass is 35.5. The monoisotopic (exact) mass is 1480 g/mol. The van der Waals surface area contributed by atoms with E-state index in [4.69, 9.17) is 29.9 Å². The van der Waals surface area contributed by atoms with E-state index in [1.165, 1.54) is 63.0 Å². The molecule has 2 aliphatic heterocycles. The molecule has 576 valence electrons. The van der Waals surface area contributed by atoms with Crippen molar-refractivity contribution >= 4 is 56.6 Å². The number of oxazole rings is 1. The molecule has 0 bridgehead atoms. The Balaban J connectivity index is 0.000000596. The SMILES string of the molecule is C.C.CC(C)OCc1ccc(C(C)C)cc1.CC(C)c1ccc(C2=NC=NC2)cc1.CC(C)c1ccc(Cl)c(N2CCCC2=O)c1.CC(C)c1ccc(S(=O)(=O)N(C)C)cc1.CC(C)c1ncc(C(C)(C)C)o1.COC(C)c1nc(C(C)C)cs1.Cc1ccc(C(C)C)o1.Cc1cccc(C(C)C)c1. The van der Waals surface area contributed by atoms with Crippen molar-refractivity contribution < 1.29 is 31.5 Å². The van der Waals surface area contributed by atoms with E-state index in [0.717, 1.165) is 71.3 Å². The van der Waals surface area contributed by atoms with Gasteiger partial charge in [-0.25, -0.2) is 27.7 Å². The van der Waals surface area contributed by atoms with Gasteiger partial charge in [0.25, 0.3) is 0 Å². The third-order valence-electron chi connectivity index (χ3n) is 16.6. The zero-order valence-electron chi connectivity index (χ0n) is 66.9. The first-order chi connectivity index (χ1) is 47.8. The lowest BCUT2D eigenvalue weighted by Crippen LogP contribution is -2.24. The number of aromatic nitrogens is 2. The number of ether oxygens (including phenoxy) is 2. The van der Waals surface area contributed by atoms with Crippen molar-refractivity contribution in [1.82, 2.24) is 14.3 Å². The number of aryl methyl sites for hydroxylation is 2. The van der Waals surface area contributed by atoms with Crippen LogP contribution in [0.5, 0.6) is 0 Å². The van der Waals surface area contributed by atoms with Crippen LogP contribution in [0.4, 0.5) is 5.69 Å². The number of methoxy groups -OCH3 is 1. The molecule has 2 aliphatic rings. The van der Waals surface area contributed by atoms with Gasteiger partial charge in [0, 0.05) is 56.8 Å². The Kier molecular flexibility index (Phi) is 43.0. The minimum Gasteiger partial charge on any atom is -0.466 e. The van der Waals surface area contributed by atoms with Gasteiger partial charge in [-0.1, -0.05) is 255 Å². The van der Waals surface area contributed by atoms with Crippen LogP contribution in [-0.4, -0.2) is 81.0 Å². The maximum atomic E-state index is 11.7. The number of carbonyl (C=O) groups is 1. The Hall–Kier alpha value is -6.85. The van der Waals surface area contributed by atoms with Crippen LogP contribution in [0, 0.1) is 13.8 Å². The van der Waals surface area contributed by atoms with Gasteiger partial charge in [0.1, 0.15) is 34.7 Å². The van der Waals surface area contributed by atoms with E-state index in [9.17, 15) is 13.2 Å². The molecule has 0 saturated carbocycles. The van der Waals surface area contributed by atoms with Crippen LogP contribution in [-0.2, 0) is 36.3 Å². The molecule has 5 aromatic carbocycles. The number of thiazole rings is 1. The van der Waals surface area contributed by atoms with Gasteiger partial charge in [-0.3, -0.25) is 9.79 Å². The van der Waals surface area contributed by atoms with Gasteiger partial charge in [0.2, 0.25) is 15.9 Å². The summed E-state index contributed by atoms with van der Waals surface area (Å²) < 4.78 is 46.3. The Bertz CT molecular complexity index is 3870. The maximum Gasteiger partial charge on any atom is 0.242 e. The summed E-state index contributed by atoms with van der Waals surface area (Å²) in [4.78, 5) is 30.8. The summed E-state index contributed by atoms with van der Waals surface area (Å²) in [6.07, 6.45) is 5.46. The average molecular weight is 1490 g/mol. The molecular formula is C88H133ClN6O7S2. The Labute approximate surface area is 640 Å². The van der Waals surface area contributed by atoms with Crippen LogP contribution in [0.3, 0.4) is 0 Å². The number of nitrogens with zero attached hydrogens (tertiary/aromatic N) is 6. The summed E-state index contributed by atoms with van der Waals surface area (Å²) >= 11 is 7.83. The molecule has 1 saturated heterocycles. The normalized spacial score (nSPS) is 12.8. The Morgan fingerprint density at radius 1 is 0.635 bits per heavy atom. The smallest absolute Gasteiger partial charge is 0.242 e. The van der Waals surface area contributed by atoms with E-state index in [-0.39, 0.29) is 32.3 Å². The minimum absolute atomic E-state index is 0. The van der Waals surface area contributed by atoms with Gasteiger partial charge in [-0.15, -0.1) is 11.3 Å². The quantitative estimate of drug-likeness (QED) is 0.0867. The standard InChI is InChI=1S/C13H16ClNO.C13H20O.C12H14N2.C11H17NO2S.C10H17NO.C10H14.C9H15NOS.C8H12O.2CH4/c1-9(2)10-5-6-11(14)12(8-10)15-7-3-4-13(15)16;1-10(2)13-7-5-12(6-8-13)9-14-11(3)4;1-9(2)10-3-5-11(6-4-10)12-7-13-8-14-12;1-9(2)10-5-7-11(8-6-10)15(13,14)12(3)4;1-7(2)9-11-6-8(12-9)10(3,4)5;1-8(2)10-6-4-5-9(3)7-10;1-6(2)8-5-12-9(10-8)7(3)11-4;1-6(2)8-5-4-7(3)9-8;;/h5-6,8-9H,3-4,7H2,1-2H3;5-8,10-11H,9H2,1-4H3;3-6,8-9H,7H2,1-2H3;5-9H,1-4H3;6-7H,1-5H3;4-8H,1-3H3;5-7H,1-4H3;4-6H,1-3H3;2*1H4. The summed E-state index contributed by atoms with van der Waals surface area (Å²) in [7, 11) is 1.49. The molecular weight excluding hydrogens is 1350 g/mol. The van der Waals surface area contributed by atoms with Crippen LogP contribution in [0.1, 0.15) is 312 Å². The van der Waals surface area contributed by atoms with Gasteiger partial charge < -0.3 is 23.2 Å². The number of hydrogen-bond acceptors (Lipinski definition) is 12. The van der Waals surface area contributed by atoms with Crippen molar-refractivity contribution in [2.75, 3.05) is 39.2 Å². The average Bonchev–Trinajstić information content (AvgIpc) is 1.30. The topological polar surface area (TPSA) is 153 Å². The Morgan fingerprint density at radius 2 is 1.16 bits per heavy atom. The van der Waals surface area contributed by atoms with Crippen LogP contribution < -0.4 is 4.90 Å². The number of aliphatic imine (C=N–C) groups is 2. The van der Waals surface area contributed by atoms with E-state index in [2.05, 4.69) is 250 Å². The number of amides is 1. The second-order valence-electron chi connectivity index (χ2n) is 29.9. The van der Waals surface area contributed by atoms with Gasteiger partial charge in [-0.05, 0) is 152 Å². The highest BCUT2D eigenvalue weighted by molar-refractivity contribution is 7.89. The third-order valence-corrected chi connectivity index (χ3v) is 19.8. The number of halogens is 1. The number of carbonyl (C=O) groups excluding carboxylic acids is 1. The number of hydrogen-bond donors (Lipinski definition) is 0. The van der Waals surface area contributed by atoms with Crippen LogP contribution >= 0.6 is 22.9 Å². The number of sulfonamides is 1. The molecule has 1 amide bonds. The van der Waals surface area contributed by atoms with Crippen molar-refractivity contribution in [2.24, 2.45) is 9.98 Å². The summed E-state index contributed by atoms with van der Waals surface area (Å²) in [6, 6.07) is 42.9. The molecule has 1 fully saturated rings. The molecule has 0 spiro atoms. The summed E-state index contributed by atoms with van der Waals surface area (Å²) in [5, 5.41) is 3.84. The predicted molar refractivity (Wildman–Crippen MR) is 447 cm³/mol.